The van der Waals surface area contributed by atoms with Gasteiger partial charge < -0.3 is 19.2 Å². The minimum absolute atomic E-state index is 0.230. The van der Waals surface area contributed by atoms with E-state index in [9.17, 15) is 5.11 Å². The molecule has 0 saturated carbocycles. The van der Waals surface area contributed by atoms with Gasteiger partial charge in [-0.1, -0.05) is 6.07 Å². The average Bonchev–Trinajstić information content (AvgIpc) is 2.77. The first-order valence-corrected chi connectivity index (χ1v) is 9.44. The van der Waals surface area contributed by atoms with Crippen LogP contribution in [0.2, 0.25) is 0 Å². The number of piperidine rings is 1. The Morgan fingerprint density at radius 3 is 2.23 bits per heavy atom. The Hall–Kier alpha value is -0.985. The van der Waals surface area contributed by atoms with Crippen LogP contribution >= 0.6 is 0 Å². The molecule has 3 aliphatic heterocycles. The molecule has 0 amide bonds. The number of pyridine rings is 1. The average molecular weight is 360 g/mol. The maximum atomic E-state index is 11.4. The van der Waals surface area contributed by atoms with Crippen LogP contribution in [0, 0.1) is 0 Å². The monoisotopic (exact) mass is 360 g/mol. The van der Waals surface area contributed by atoms with E-state index in [4.69, 9.17) is 14.0 Å². The first kappa shape index (κ1) is 18.4. The van der Waals surface area contributed by atoms with E-state index >= 15 is 0 Å². The van der Waals surface area contributed by atoms with Gasteiger partial charge in [0.25, 0.3) is 0 Å². The summed E-state index contributed by atoms with van der Waals surface area (Å²) in [6, 6.07) is 2.46. The van der Waals surface area contributed by atoms with Crippen LogP contribution in [0.25, 0.3) is 0 Å². The van der Waals surface area contributed by atoms with Crippen molar-refractivity contribution in [2.75, 3.05) is 20.3 Å². The molecule has 3 fully saturated rings. The fraction of sp³-hybridized carbons (Fsp3) is 0.737. The summed E-state index contributed by atoms with van der Waals surface area (Å²) >= 11 is 0. The Morgan fingerprint density at radius 1 is 1.08 bits per heavy atom. The molecule has 2 atom stereocenters. The maximum absolute atomic E-state index is 11.4. The van der Waals surface area contributed by atoms with Crippen LogP contribution in [0.1, 0.15) is 46.1 Å². The molecule has 4 rings (SSSR count). The fourth-order valence-electron chi connectivity index (χ4n) is 4.20. The largest absolute Gasteiger partial charge is 0.496 e. The zero-order chi connectivity index (χ0) is 18.7. The van der Waals surface area contributed by atoms with Crippen LogP contribution in [0.3, 0.4) is 0 Å². The Kier molecular flexibility index (Phi) is 4.25. The second-order valence-electron chi connectivity index (χ2n) is 9.05. The van der Waals surface area contributed by atoms with Crippen molar-refractivity contribution in [3.05, 3.63) is 24.0 Å². The van der Waals surface area contributed by atoms with Gasteiger partial charge in [0.05, 0.1) is 30.0 Å². The molecule has 1 N–H and O–H groups in total. The van der Waals surface area contributed by atoms with Crippen molar-refractivity contribution in [3.63, 3.8) is 0 Å². The van der Waals surface area contributed by atoms with E-state index in [1.165, 1.54) is 0 Å². The van der Waals surface area contributed by atoms with Crippen molar-refractivity contribution in [1.82, 2.24) is 9.88 Å². The Bertz CT molecular complexity index is 666. The highest BCUT2D eigenvalue weighted by atomic mass is 16.7. The van der Waals surface area contributed by atoms with E-state index in [1.807, 2.05) is 33.8 Å². The summed E-state index contributed by atoms with van der Waals surface area (Å²) in [5.41, 5.74) is 0.0154. The third-order valence-electron chi connectivity index (χ3n) is 6.74. The molecule has 1 aromatic rings. The Balaban J connectivity index is 1.61. The molecule has 2 unspecified atom stereocenters. The lowest BCUT2D eigenvalue weighted by Gasteiger charge is -2.50. The van der Waals surface area contributed by atoms with Crippen LogP contribution in [0.15, 0.2) is 18.5 Å². The predicted octanol–water partition coefficient (Wildman–Crippen LogP) is 1.06. The van der Waals surface area contributed by atoms with E-state index < -0.39 is 23.9 Å². The van der Waals surface area contributed by atoms with Crippen LogP contribution in [-0.2, 0) is 19.6 Å². The highest BCUT2D eigenvalue weighted by Gasteiger charge is 2.52. The standard InChI is InChI=1S/C19H29BN2O4/c1-17(2)18(3,4)26-20(25-17)14-6-13(9-21-10-14)19(23)7-15-11-24-12-16(8-19)22(15)5/h6,9-10,15-16,23H,7-8,11-12H2,1-5H3. The van der Waals surface area contributed by atoms with Gasteiger partial charge in [-0.15, -0.1) is 0 Å². The highest BCUT2D eigenvalue weighted by Crippen LogP contribution is 2.40. The predicted molar refractivity (Wildman–Crippen MR) is 99.2 cm³/mol. The molecule has 1 aromatic heterocycles. The molecule has 3 saturated heterocycles. The van der Waals surface area contributed by atoms with Gasteiger partial charge in [0.2, 0.25) is 0 Å². The van der Waals surface area contributed by atoms with Gasteiger partial charge in [0, 0.05) is 35.5 Å². The van der Waals surface area contributed by atoms with Gasteiger partial charge in [-0.25, -0.2) is 0 Å². The SMILES string of the molecule is CN1C2COCC1CC(O)(c1cncc(B3OC(C)(C)C(C)(C)O3)c1)C2. The van der Waals surface area contributed by atoms with Gasteiger partial charge in [-0.05, 0) is 47.6 Å². The molecule has 142 valence electrons. The van der Waals surface area contributed by atoms with E-state index in [2.05, 4.69) is 16.9 Å². The second kappa shape index (κ2) is 6.01. The third-order valence-corrected chi connectivity index (χ3v) is 6.74. The van der Waals surface area contributed by atoms with E-state index in [1.54, 1.807) is 12.4 Å². The normalized spacial score (nSPS) is 36.3. The summed E-state index contributed by atoms with van der Waals surface area (Å²) in [4.78, 5) is 6.73. The molecule has 0 radical (unpaired) electrons. The summed E-state index contributed by atoms with van der Waals surface area (Å²) in [5, 5.41) is 11.4. The van der Waals surface area contributed by atoms with Crippen molar-refractivity contribution < 1.29 is 19.2 Å². The minimum Gasteiger partial charge on any atom is -0.399 e. The number of hydrogen-bond donors (Lipinski definition) is 1. The topological polar surface area (TPSA) is 64.1 Å². The minimum atomic E-state index is -0.891. The van der Waals surface area contributed by atoms with Gasteiger partial charge >= 0.3 is 7.12 Å². The summed E-state index contributed by atoms with van der Waals surface area (Å²) in [5.74, 6) is 0. The molecular weight excluding hydrogens is 331 g/mol. The highest BCUT2D eigenvalue weighted by molar-refractivity contribution is 6.62. The number of fused-ring (bicyclic) bond motifs is 2. The molecular formula is C19H29BN2O4. The van der Waals surface area contributed by atoms with E-state index in [0.29, 0.717) is 26.1 Å². The number of rotatable bonds is 2. The number of aromatic nitrogens is 1. The smallest absolute Gasteiger partial charge is 0.399 e. The van der Waals surface area contributed by atoms with Crippen LogP contribution in [0.4, 0.5) is 0 Å². The fourth-order valence-corrected chi connectivity index (χ4v) is 4.20. The third kappa shape index (κ3) is 2.90. The molecule has 3 aliphatic rings. The molecule has 7 heteroatoms. The number of hydrogen-bond acceptors (Lipinski definition) is 6. The summed E-state index contributed by atoms with van der Waals surface area (Å²) in [6.45, 7) is 9.48. The van der Waals surface area contributed by atoms with Gasteiger partial charge in [-0.2, -0.15) is 0 Å². The molecule has 0 aromatic carbocycles. The second-order valence-corrected chi connectivity index (χ2v) is 9.05. The first-order chi connectivity index (χ1) is 12.1. The molecule has 2 bridgehead atoms. The number of morpholine rings is 1. The molecule has 26 heavy (non-hydrogen) atoms. The zero-order valence-electron chi connectivity index (χ0n) is 16.4. The molecule has 0 spiro atoms. The van der Waals surface area contributed by atoms with E-state index in [-0.39, 0.29) is 12.1 Å². The number of nitrogens with zero attached hydrogens (tertiary/aromatic N) is 2. The number of likely N-dealkylation sites (N-methyl/N-ethyl adjacent to an activating group) is 1. The number of aliphatic hydroxyl groups is 1. The maximum Gasteiger partial charge on any atom is 0.496 e. The first-order valence-electron chi connectivity index (χ1n) is 9.44. The van der Waals surface area contributed by atoms with Crippen molar-refractivity contribution in [1.29, 1.82) is 0 Å². The van der Waals surface area contributed by atoms with Crippen LogP contribution < -0.4 is 5.46 Å². The van der Waals surface area contributed by atoms with Crippen molar-refractivity contribution in [3.8, 4) is 0 Å². The lowest BCUT2D eigenvalue weighted by Crippen LogP contribution is -2.59. The Labute approximate surface area is 156 Å². The number of ether oxygens (including phenoxy) is 1. The molecule has 6 nitrogen and oxygen atoms in total. The summed E-state index contributed by atoms with van der Waals surface area (Å²) < 4.78 is 18.0. The van der Waals surface area contributed by atoms with E-state index in [0.717, 1.165) is 11.0 Å². The molecule has 4 heterocycles. The lowest BCUT2D eigenvalue weighted by molar-refractivity contribution is -0.137. The van der Waals surface area contributed by atoms with Crippen molar-refractivity contribution >= 4 is 12.6 Å². The van der Waals surface area contributed by atoms with Gasteiger partial charge in [0.1, 0.15) is 0 Å². The Morgan fingerprint density at radius 2 is 1.65 bits per heavy atom. The van der Waals surface area contributed by atoms with Gasteiger partial charge in [-0.3, -0.25) is 9.88 Å². The summed E-state index contributed by atoms with van der Waals surface area (Å²) in [6.07, 6.45) is 4.84. The summed E-state index contributed by atoms with van der Waals surface area (Å²) in [7, 11) is 1.65. The van der Waals surface area contributed by atoms with Crippen LogP contribution in [-0.4, -0.2) is 65.7 Å². The zero-order valence-corrected chi connectivity index (χ0v) is 16.4. The van der Waals surface area contributed by atoms with Crippen molar-refractivity contribution in [2.24, 2.45) is 0 Å². The molecule has 0 aliphatic carbocycles. The van der Waals surface area contributed by atoms with Crippen LogP contribution in [0.5, 0.6) is 0 Å². The quantitative estimate of drug-likeness (QED) is 0.796. The lowest BCUT2D eigenvalue weighted by atomic mass is 9.74. The van der Waals surface area contributed by atoms with Crippen molar-refractivity contribution in [2.45, 2.75) is 69.4 Å². The van der Waals surface area contributed by atoms with Gasteiger partial charge in [0.15, 0.2) is 0 Å².